The van der Waals surface area contributed by atoms with Crippen molar-refractivity contribution in [2.75, 3.05) is 32.6 Å². The lowest BCUT2D eigenvalue weighted by molar-refractivity contribution is 0.158. The van der Waals surface area contributed by atoms with Crippen molar-refractivity contribution in [2.45, 2.75) is 25.0 Å². The predicted octanol–water partition coefficient (Wildman–Crippen LogP) is 0.436. The van der Waals surface area contributed by atoms with Gasteiger partial charge in [0.1, 0.15) is 0 Å². The van der Waals surface area contributed by atoms with Gasteiger partial charge >= 0.3 is 0 Å². The first kappa shape index (κ1) is 12.9. The van der Waals surface area contributed by atoms with Gasteiger partial charge in [-0.2, -0.15) is 0 Å². The van der Waals surface area contributed by atoms with Crippen molar-refractivity contribution in [2.24, 2.45) is 5.92 Å². The van der Waals surface area contributed by atoms with Gasteiger partial charge in [-0.3, -0.25) is 0 Å². The predicted molar refractivity (Wildman–Crippen MR) is 60.7 cm³/mol. The van der Waals surface area contributed by atoms with Gasteiger partial charge in [-0.05, 0) is 25.3 Å². The van der Waals surface area contributed by atoms with Gasteiger partial charge < -0.3 is 10.1 Å². The zero-order valence-electron chi connectivity index (χ0n) is 9.53. The fourth-order valence-corrected chi connectivity index (χ4v) is 3.72. The van der Waals surface area contributed by atoms with Gasteiger partial charge in [0.25, 0.3) is 0 Å². The van der Waals surface area contributed by atoms with E-state index in [0.29, 0.717) is 24.8 Å². The quantitative estimate of drug-likeness (QED) is 0.725. The Bertz CT molecular complexity index is 276. The Morgan fingerprint density at radius 1 is 1.53 bits per heavy atom. The summed E-state index contributed by atoms with van der Waals surface area (Å²) in [6.07, 6.45) is 1.64. The number of hydrogen-bond acceptors (Lipinski definition) is 4. The molecular formula is C10H21NO3S. The molecule has 1 rings (SSSR count). The third-order valence-electron chi connectivity index (χ3n) is 2.78. The molecule has 1 fully saturated rings. The minimum atomic E-state index is -2.79. The van der Waals surface area contributed by atoms with Crippen molar-refractivity contribution in [3.8, 4) is 0 Å². The Balaban J connectivity index is 2.20. The largest absolute Gasteiger partial charge is 0.384 e. The topological polar surface area (TPSA) is 55.4 Å². The number of ether oxygens (including phenoxy) is 1. The van der Waals surface area contributed by atoms with E-state index in [-0.39, 0.29) is 5.25 Å². The molecule has 0 bridgehead atoms. The molecule has 1 heterocycles. The van der Waals surface area contributed by atoms with Gasteiger partial charge in [-0.15, -0.1) is 0 Å². The van der Waals surface area contributed by atoms with E-state index in [1.54, 1.807) is 7.11 Å². The molecule has 4 nitrogen and oxygen atoms in total. The smallest absolute Gasteiger partial charge is 0.154 e. The van der Waals surface area contributed by atoms with Crippen LogP contribution >= 0.6 is 0 Å². The summed E-state index contributed by atoms with van der Waals surface area (Å²) in [5.41, 5.74) is 0. The minimum absolute atomic E-state index is 0.160. The first-order valence-electron chi connectivity index (χ1n) is 5.47. The third-order valence-corrected chi connectivity index (χ3v) is 5.05. The van der Waals surface area contributed by atoms with Crippen LogP contribution in [-0.2, 0) is 14.6 Å². The van der Waals surface area contributed by atoms with Crippen LogP contribution in [0.15, 0.2) is 0 Å². The molecule has 1 aliphatic rings. The van der Waals surface area contributed by atoms with Crippen molar-refractivity contribution in [1.82, 2.24) is 5.32 Å². The maximum Gasteiger partial charge on any atom is 0.154 e. The highest BCUT2D eigenvalue weighted by molar-refractivity contribution is 7.92. The molecule has 0 aromatic carbocycles. The molecule has 2 atom stereocenters. The molecule has 0 radical (unpaired) electrons. The van der Waals surface area contributed by atoms with Gasteiger partial charge in [0.15, 0.2) is 9.84 Å². The molecule has 0 aromatic rings. The summed E-state index contributed by atoms with van der Waals surface area (Å²) in [6.45, 7) is 4.21. The molecular weight excluding hydrogens is 214 g/mol. The Labute approximate surface area is 92.3 Å². The summed E-state index contributed by atoms with van der Waals surface area (Å²) < 4.78 is 28.0. The first-order valence-corrected chi connectivity index (χ1v) is 7.19. The SMILES string of the molecule is COCC(C)CNCC1CCCS1(=O)=O. The third kappa shape index (κ3) is 4.09. The summed E-state index contributed by atoms with van der Waals surface area (Å²) in [5, 5.41) is 3.05. The molecule has 1 saturated heterocycles. The second-order valence-electron chi connectivity index (χ2n) is 4.35. The average Bonchev–Trinajstić information content (AvgIpc) is 2.46. The van der Waals surface area contributed by atoms with E-state index in [4.69, 9.17) is 4.74 Å². The van der Waals surface area contributed by atoms with E-state index in [9.17, 15) is 8.42 Å². The van der Waals surface area contributed by atoms with Gasteiger partial charge in [0, 0.05) is 20.3 Å². The van der Waals surface area contributed by atoms with Crippen LogP contribution < -0.4 is 5.32 Å². The van der Waals surface area contributed by atoms with Gasteiger partial charge in [0.05, 0.1) is 11.0 Å². The molecule has 0 amide bonds. The highest BCUT2D eigenvalue weighted by Gasteiger charge is 2.30. The lowest BCUT2D eigenvalue weighted by Crippen LogP contribution is -2.33. The van der Waals surface area contributed by atoms with Crippen molar-refractivity contribution in [3.63, 3.8) is 0 Å². The van der Waals surface area contributed by atoms with Crippen molar-refractivity contribution < 1.29 is 13.2 Å². The van der Waals surface area contributed by atoms with E-state index in [1.807, 2.05) is 0 Å². The molecule has 2 unspecified atom stereocenters. The lowest BCUT2D eigenvalue weighted by atomic mass is 10.2. The minimum Gasteiger partial charge on any atom is -0.384 e. The molecule has 1 N–H and O–H groups in total. The molecule has 15 heavy (non-hydrogen) atoms. The monoisotopic (exact) mass is 235 g/mol. The summed E-state index contributed by atoms with van der Waals surface area (Å²) in [4.78, 5) is 0. The average molecular weight is 235 g/mol. The van der Waals surface area contributed by atoms with Crippen LogP contribution in [0.4, 0.5) is 0 Å². The highest BCUT2D eigenvalue weighted by Crippen LogP contribution is 2.18. The summed E-state index contributed by atoms with van der Waals surface area (Å²) >= 11 is 0. The van der Waals surface area contributed by atoms with E-state index in [0.717, 1.165) is 19.4 Å². The normalized spacial score (nSPS) is 26.7. The van der Waals surface area contributed by atoms with Crippen molar-refractivity contribution in [3.05, 3.63) is 0 Å². The van der Waals surface area contributed by atoms with Crippen LogP contribution in [0, 0.1) is 5.92 Å². The fourth-order valence-electron chi connectivity index (χ4n) is 1.92. The summed E-state index contributed by atoms with van der Waals surface area (Å²) in [5.74, 6) is 0.798. The first-order chi connectivity index (χ1) is 7.06. The van der Waals surface area contributed by atoms with E-state index in [2.05, 4.69) is 12.2 Å². The van der Waals surface area contributed by atoms with Crippen molar-refractivity contribution >= 4 is 9.84 Å². The molecule has 0 aromatic heterocycles. The fraction of sp³-hybridized carbons (Fsp3) is 1.00. The molecule has 0 aliphatic carbocycles. The highest BCUT2D eigenvalue weighted by atomic mass is 32.2. The number of nitrogens with one attached hydrogen (secondary N) is 1. The van der Waals surface area contributed by atoms with E-state index >= 15 is 0 Å². The number of hydrogen-bond donors (Lipinski definition) is 1. The zero-order valence-corrected chi connectivity index (χ0v) is 10.3. The van der Waals surface area contributed by atoms with Crippen LogP contribution in [0.1, 0.15) is 19.8 Å². The van der Waals surface area contributed by atoms with Crippen LogP contribution in [0.2, 0.25) is 0 Å². The van der Waals surface area contributed by atoms with Crippen LogP contribution in [0.25, 0.3) is 0 Å². The lowest BCUT2D eigenvalue weighted by Gasteiger charge is -2.14. The Hall–Kier alpha value is -0.130. The molecule has 1 aliphatic heterocycles. The van der Waals surface area contributed by atoms with Gasteiger partial charge in [-0.1, -0.05) is 6.92 Å². The maximum atomic E-state index is 11.5. The summed E-state index contributed by atoms with van der Waals surface area (Å²) in [7, 11) is -1.11. The number of sulfone groups is 1. The maximum absolute atomic E-state index is 11.5. The Morgan fingerprint density at radius 2 is 2.27 bits per heavy atom. The standard InChI is InChI=1S/C10H21NO3S/c1-9(8-14-2)6-11-7-10-4-3-5-15(10,12)13/h9-11H,3-8H2,1-2H3. The molecule has 0 spiro atoms. The van der Waals surface area contributed by atoms with Crippen LogP contribution in [-0.4, -0.2) is 46.2 Å². The second kappa shape index (κ2) is 5.82. The Morgan fingerprint density at radius 3 is 2.80 bits per heavy atom. The van der Waals surface area contributed by atoms with E-state index < -0.39 is 9.84 Å². The number of rotatable bonds is 6. The van der Waals surface area contributed by atoms with Crippen LogP contribution in [0.5, 0.6) is 0 Å². The zero-order chi connectivity index (χ0) is 11.3. The van der Waals surface area contributed by atoms with Gasteiger partial charge in [-0.25, -0.2) is 8.42 Å². The Kier molecular flexibility index (Phi) is 5.02. The van der Waals surface area contributed by atoms with Gasteiger partial charge in [0.2, 0.25) is 0 Å². The second-order valence-corrected chi connectivity index (χ2v) is 6.75. The molecule has 0 saturated carbocycles. The number of methoxy groups -OCH3 is 1. The molecule has 90 valence electrons. The van der Waals surface area contributed by atoms with E-state index in [1.165, 1.54) is 0 Å². The van der Waals surface area contributed by atoms with Crippen LogP contribution in [0.3, 0.4) is 0 Å². The molecule has 5 heteroatoms. The summed E-state index contributed by atoms with van der Waals surface area (Å²) in [6, 6.07) is 0. The van der Waals surface area contributed by atoms with Crippen molar-refractivity contribution in [1.29, 1.82) is 0 Å².